The first-order valence-electron chi connectivity index (χ1n) is 6.85. The molecule has 21 heavy (non-hydrogen) atoms. The maximum Gasteiger partial charge on any atom is 0.242 e. The lowest BCUT2D eigenvalue weighted by atomic mass is 9.78. The molecule has 0 radical (unpaired) electrons. The summed E-state index contributed by atoms with van der Waals surface area (Å²) in [5, 5.41) is 0. The molecule has 2 rings (SSSR count). The molecule has 0 unspecified atom stereocenters. The first-order valence-corrected chi connectivity index (χ1v) is 9.54. The van der Waals surface area contributed by atoms with Crippen LogP contribution >= 0.6 is 28.1 Å². The van der Waals surface area contributed by atoms with Gasteiger partial charge in [-0.05, 0) is 59.7 Å². The Kier molecular flexibility index (Phi) is 5.07. The summed E-state index contributed by atoms with van der Waals surface area (Å²) in [6, 6.07) is 6.72. The van der Waals surface area contributed by atoms with Gasteiger partial charge in [0, 0.05) is 4.47 Å². The zero-order valence-electron chi connectivity index (χ0n) is 11.8. The highest BCUT2D eigenvalue weighted by atomic mass is 79.9. The molecule has 0 bridgehead atoms. The number of benzene rings is 1. The smallest absolute Gasteiger partial charge is 0.242 e. The van der Waals surface area contributed by atoms with Crippen LogP contribution in [-0.4, -0.2) is 18.9 Å². The molecule has 1 aromatic carbocycles. The average molecular weight is 391 g/mol. The second-order valence-electron chi connectivity index (χ2n) is 5.66. The first-order chi connectivity index (χ1) is 9.77. The molecule has 0 aromatic heterocycles. The van der Waals surface area contributed by atoms with Crippen molar-refractivity contribution in [2.75, 3.05) is 0 Å². The van der Waals surface area contributed by atoms with Gasteiger partial charge in [-0.2, -0.15) is 4.72 Å². The molecule has 0 saturated heterocycles. The van der Waals surface area contributed by atoms with Gasteiger partial charge in [0.15, 0.2) is 0 Å². The fourth-order valence-corrected chi connectivity index (χ4v) is 5.39. The predicted octanol–water partition coefficient (Wildman–Crippen LogP) is 2.96. The average Bonchev–Trinajstić information content (AvgIpc) is 2.41. The summed E-state index contributed by atoms with van der Waals surface area (Å²) in [6.45, 7) is 2.16. The van der Waals surface area contributed by atoms with Crippen LogP contribution in [0.2, 0.25) is 0 Å². The minimum absolute atomic E-state index is 0.208. The molecule has 0 spiro atoms. The quantitative estimate of drug-likeness (QED) is 0.775. The van der Waals surface area contributed by atoms with Crippen molar-refractivity contribution in [3.05, 3.63) is 28.7 Å². The molecule has 1 aromatic rings. The number of sulfonamides is 1. The molecular formula is C14H19BrN2O2S2. The van der Waals surface area contributed by atoms with Crippen molar-refractivity contribution >= 4 is 43.2 Å². The largest absolute Gasteiger partial charge is 0.392 e. The van der Waals surface area contributed by atoms with Crippen molar-refractivity contribution in [1.29, 1.82) is 0 Å². The standard InChI is InChI=1S/C14H19BrN2O2S2/c1-10-6-8-14(9-7-10,13(16)20)17-21(18,19)12-5-3-2-4-11(12)15/h2-5,10,17H,6-9H2,1H3,(H2,16,20). The lowest BCUT2D eigenvalue weighted by Crippen LogP contribution is -2.58. The maximum atomic E-state index is 12.7. The maximum absolute atomic E-state index is 12.7. The molecule has 3 N–H and O–H groups in total. The van der Waals surface area contributed by atoms with E-state index in [0.29, 0.717) is 23.2 Å². The van der Waals surface area contributed by atoms with Gasteiger partial charge in [-0.1, -0.05) is 31.3 Å². The van der Waals surface area contributed by atoms with Crippen LogP contribution < -0.4 is 10.5 Å². The molecule has 0 heterocycles. The van der Waals surface area contributed by atoms with Gasteiger partial charge in [0.2, 0.25) is 10.0 Å². The van der Waals surface area contributed by atoms with Crippen LogP contribution in [-0.2, 0) is 10.0 Å². The fraction of sp³-hybridized carbons (Fsp3) is 0.500. The number of rotatable bonds is 4. The molecule has 4 nitrogen and oxygen atoms in total. The summed E-state index contributed by atoms with van der Waals surface area (Å²) >= 11 is 8.43. The Hall–Kier alpha value is -0.500. The molecule has 1 saturated carbocycles. The van der Waals surface area contributed by atoms with Crippen molar-refractivity contribution in [3.63, 3.8) is 0 Å². The van der Waals surface area contributed by atoms with E-state index in [1.807, 2.05) is 0 Å². The van der Waals surface area contributed by atoms with Crippen LogP contribution in [0.25, 0.3) is 0 Å². The van der Waals surface area contributed by atoms with Gasteiger partial charge in [-0.25, -0.2) is 8.42 Å². The summed E-state index contributed by atoms with van der Waals surface area (Å²) in [5.74, 6) is 0.570. The lowest BCUT2D eigenvalue weighted by Gasteiger charge is -2.39. The number of nitrogens with two attached hydrogens (primary N) is 1. The van der Waals surface area contributed by atoms with Gasteiger partial charge in [0.05, 0.1) is 15.4 Å². The third-order valence-corrected chi connectivity index (χ3v) is 6.99. The van der Waals surface area contributed by atoms with Gasteiger partial charge in [-0.15, -0.1) is 0 Å². The molecule has 0 amide bonds. The van der Waals surface area contributed by atoms with Gasteiger partial charge in [0.25, 0.3) is 0 Å². The molecule has 7 heteroatoms. The molecule has 1 fully saturated rings. The highest BCUT2D eigenvalue weighted by Crippen LogP contribution is 2.34. The summed E-state index contributed by atoms with van der Waals surface area (Å²) in [7, 11) is -3.68. The number of hydrogen-bond donors (Lipinski definition) is 2. The zero-order valence-corrected chi connectivity index (χ0v) is 15.0. The molecule has 116 valence electrons. The van der Waals surface area contributed by atoms with Gasteiger partial charge < -0.3 is 5.73 Å². The van der Waals surface area contributed by atoms with Crippen LogP contribution in [0.4, 0.5) is 0 Å². The van der Waals surface area contributed by atoms with Crippen molar-refractivity contribution in [1.82, 2.24) is 4.72 Å². The Morgan fingerprint density at radius 2 is 1.95 bits per heavy atom. The van der Waals surface area contributed by atoms with E-state index in [1.165, 1.54) is 0 Å². The Morgan fingerprint density at radius 3 is 2.48 bits per heavy atom. The van der Waals surface area contributed by atoms with E-state index in [2.05, 4.69) is 27.6 Å². The topological polar surface area (TPSA) is 72.2 Å². The molecule has 0 aliphatic heterocycles. The van der Waals surface area contributed by atoms with Gasteiger partial charge >= 0.3 is 0 Å². The third-order valence-electron chi connectivity index (χ3n) is 4.06. The Morgan fingerprint density at radius 1 is 1.38 bits per heavy atom. The molecule has 1 aliphatic carbocycles. The Labute approximate surface area is 139 Å². The van der Waals surface area contributed by atoms with E-state index in [1.54, 1.807) is 24.3 Å². The van der Waals surface area contributed by atoms with E-state index < -0.39 is 15.6 Å². The molecule has 0 atom stereocenters. The Bertz CT molecular complexity index is 638. The summed E-state index contributed by atoms with van der Waals surface area (Å²) in [5.41, 5.74) is 5.05. The summed E-state index contributed by atoms with van der Waals surface area (Å²) in [6.07, 6.45) is 3.12. The van der Waals surface area contributed by atoms with E-state index in [0.717, 1.165) is 12.8 Å². The highest BCUT2D eigenvalue weighted by Gasteiger charge is 2.41. The van der Waals surface area contributed by atoms with E-state index >= 15 is 0 Å². The second-order valence-corrected chi connectivity index (χ2v) is 8.61. The highest BCUT2D eigenvalue weighted by molar-refractivity contribution is 9.10. The van der Waals surface area contributed by atoms with E-state index in [9.17, 15) is 8.42 Å². The minimum atomic E-state index is -3.68. The van der Waals surface area contributed by atoms with Crippen LogP contribution in [0.1, 0.15) is 32.6 Å². The van der Waals surface area contributed by atoms with Gasteiger partial charge in [-0.3, -0.25) is 0 Å². The van der Waals surface area contributed by atoms with Gasteiger partial charge in [0.1, 0.15) is 0 Å². The SMILES string of the molecule is CC1CCC(NS(=O)(=O)c2ccccc2Br)(C(N)=S)CC1. The van der Waals surface area contributed by atoms with Crippen LogP contribution in [0.3, 0.4) is 0 Å². The lowest BCUT2D eigenvalue weighted by molar-refractivity contribution is 0.289. The van der Waals surface area contributed by atoms with Crippen molar-refractivity contribution in [2.24, 2.45) is 11.7 Å². The van der Waals surface area contributed by atoms with Crippen molar-refractivity contribution < 1.29 is 8.42 Å². The number of nitrogens with one attached hydrogen (secondary N) is 1. The number of halogens is 1. The van der Waals surface area contributed by atoms with E-state index in [4.69, 9.17) is 18.0 Å². The second kappa shape index (κ2) is 6.32. The van der Waals surface area contributed by atoms with Crippen molar-refractivity contribution in [2.45, 2.75) is 43.0 Å². The normalized spacial score (nSPS) is 26.5. The van der Waals surface area contributed by atoms with Crippen molar-refractivity contribution in [3.8, 4) is 0 Å². The predicted molar refractivity (Wildman–Crippen MR) is 91.6 cm³/mol. The van der Waals surface area contributed by atoms with Crippen LogP contribution in [0.15, 0.2) is 33.6 Å². The monoisotopic (exact) mass is 390 g/mol. The Balaban J connectivity index is 2.33. The van der Waals surface area contributed by atoms with E-state index in [-0.39, 0.29) is 9.88 Å². The van der Waals surface area contributed by atoms with Crippen LogP contribution in [0, 0.1) is 5.92 Å². The fourth-order valence-electron chi connectivity index (χ4n) is 2.63. The number of thiocarbonyl (C=S) groups is 1. The summed E-state index contributed by atoms with van der Waals surface area (Å²) < 4.78 is 28.6. The third kappa shape index (κ3) is 3.64. The zero-order chi connectivity index (χ0) is 15.7. The number of hydrogen-bond acceptors (Lipinski definition) is 3. The first kappa shape index (κ1) is 16.9. The minimum Gasteiger partial charge on any atom is -0.392 e. The van der Waals surface area contributed by atoms with Crippen LogP contribution in [0.5, 0.6) is 0 Å². The summed E-state index contributed by atoms with van der Waals surface area (Å²) in [4.78, 5) is 0.435. The molecular weight excluding hydrogens is 372 g/mol. The molecule has 1 aliphatic rings.